The van der Waals surface area contributed by atoms with Crippen LogP contribution in [0.2, 0.25) is 0 Å². The van der Waals surface area contributed by atoms with Gasteiger partial charge in [0, 0.05) is 37.9 Å². The average molecular weight is 426 g/mol. The van der Waals surface area contributed by atoms with Crippen LogP contribution in [0.1, 0.15) is 70.8 Å². The first kappa shape index (κ1) is 21.8. The molecule has 1 aliphatic carbocycles. The summed E-state index contributed by atoms with van der Waals surface area (Å²) in [5.41, 5.74) is 1.53. The van der Waals surface area contributed by atoms with Crippen LogP contribution in [0, 0.1) is 11.3 Å². The average Bonchev–Trinajstić information content (AvgIpc) is 3.46. The molecule has 0 radical (unpaired) electrons. The molecule has 6 nitrogen and oxygen atoms in total. The second-order valence-corrected chi connectivity index (χ2v) is 9.75. The van der Waals surface area contributed by atoms with Crippen molar-refractivity contribution < 1.29 is 14.4 Å². The van der Waals surface area contributed by atoms with Crippen LogP contribution in [0.25, 0.3) is 0 Å². The smallest absolute Gasteiger partial charge is 0.226 e. The lowest BCUT2D eigenvalue weighted by atomic mass is 9.72. The highest BCUT2D eigenvalue weighted by molar-refractivity contribution is 6.01. The molecule has 1 aromatic rings. The van der Waals surface area contributed by atoms with Crippen LogP contribution in [0.4, 0.5) is 0 Å². The predicted octanol–water partition coefficient (Wildman–Crippen LogP) is 3.89. The van der Waals surface area contributed by atoms with Crippen molar-refractivity contribution in [2.75, 3.05) is 13.1 Å². The van der Waals surface area contributed by atoms with Crippen molar-refractivity contribution in [1.82, 2.24) is 10.2 Å². The van der Waals surface area contributed by atoms with Crippen molar-refractivity contribution in [3.63, 3.8) is 0 Å². The maximum Gasteiger partial charge on any atom is 0.226 e. The van der Waals surface area contributed by atoms with Crippen molar-refractivity contribution in [3.8, 4) is 0 Å². The Morgan fingerprint density at radius 2 is 1.84 bits per heavy atom. The molecule has 0 bridgehead atoms. The first-order valence-electron chi connectivity index (χ1n) is 11.8. The van der Waals surface area contributed by atoms with Gasteiger partial charge in [-0.2, -0.15) is 0 Å². The van der Waals surface area contributed by atoms with E-state index in [1.807, 2.05) is 49.1 Å². The summed E-state index contributed by atoms with van der Waals surface area (Å²) in [6, 6.07) is 10.4. The van der Waals surface area contributed by atoms with Gasteiger partial charge in [0.25, 0.3) is 0 Å². The molecule has 1 N–H and O–H groups in total. The summed E-state index contributed by atoms with van der Waals surface area (Å²) in [4.78, 5) is 33.7. The number of piperidine rings is 1. The van der Waals surface area contributed by atoms with Gasteiger partial charge in [0.1, 0.15) is 6.10 Å². The van der Waals surface area contributed by atoms with Crippen molar-refractivity contribution in [2.45, 2.75) is 77.4 Å². The van der Waals surface area contributed by atoms with E-state index < -0.39 is 5.41 Å². The Morgan fingerprint density at radius 3 is 2.48 bits per heavy atom. The minimum absolute atomic E-state index is 0.0141. The molecule has 2 amide bonds. The monoisotopic (exact) mass is 425 g/mol. The third-order valence-electron chi connectivity index (χ3n) is 7.16. The summed E-state index contributed by atoms with van der Waals surface area (Å²) in [6.45, 7) is 5.14. The normalized spacial score (nSPS) is 23.5. The molecule has 0 aromatic heterocycles. The molecule has 1 aromatic carbocycles. The molecule has 2 fully saturated rings. The molecule has 3 aliphatic rings. The maximum atomic E-state index is 13.5. The van der Waals surface area contributed by atoms with E-state index in [-0.39, 0.29) is 23.8 Å². The highest BCUT2D eigenvalue weighted by Gasteiger charge is 2.46. The number of oxime groups is 1. The lowest BCUT2D eigenvalue weighted by Gasteiger charge is -2.42. The Balaban J connectivity index is 1.44. The fourth-order valence-electron chi connectivity index (χ4n) is 5.23. The van der Waals surface area contributed by atoms with Crippen LogP contribution in [0.15, 0.2) is 35.5 Å². The van der Waals surface area contributed by atoms with E-state index in [1.165, 1.54) is 12.8 Å². The molecule has 1 unspecified atom stereocenters. The van der Waals surface area contributed by atoms with E-state index in [4.69, 9.17) is 4.84 Å². The number of amides is 2. The van der Waals surface area contributed by atoms with Gasteiger partial charge >= 0.3 is 0 Å². The summed E-state index contributed by atoms with van der Waals surface area (Å²) >= 11 is 0. The molecule has 2 heterocycles. The van der Waals surface area contributed by atoms with E-state index >= 15 is 0 Å². The van der Waals surface area contributed by atoms with Gasteiger partial charge in [0.05, 0.1) is 11.1 Å². The Kier molecular flexibility index (Phi) is 6.63. The van der Waals surface area contributed by atoms with Crippen molar-refractivity contribution in [1.29, 1.82) is 0 Å². The lowest BCUT2D eigenvalue weighted by molar-refractivity contribution is -0.144. The molecule has 4 rings (SSSR count). The standard InChI is InChI=1S/C25H35N3O3/c1-18(2)23(29)28-14-12-25(13-15-28,24(30)26-20-10-6-7-11-20)17-21-16-22(27-31-21)19-8-4-3-5-9-19/h3-5,8-9,18,20-21H,6-7,10-17H2,1-2H3,(H,26,30). The Morgan fingerprint density at radius 1 is 1.16 bits per heavy atom. The van der Waals surface area contributed by atoms with Crippen LogP contribution in [0.3, 0.4) is 0 Å². The van der Waals surface area contributed by atoms with Crippen LogP contribution < -0.4 is 5.32 Å². The number of hydrogen-bond donors (Lipinski definition) is 1. The van der Waals surface area contributed by atoms with E-state index in [9.17, 15) is 9.59 Å². The number of rotatable bonds is 6. The molecule has 31 heavy (non-hydrogen) atoms. The molecular weight excluding hydrogens is 390 g/mol. The Bertz CT molecular complexity index is 807. The minimum Gasteiger partial charge on any atom is -0.392 e. The number of nitrogens with one attached hydrogen (secondary N) is 1. The number of likely N-dealkylation sites (tertiary alicyclic amines) is 1. The van der Waals surface area contributed by atoms with Gasteiger partial charge in [0.2, 0.25) is 11.8 Å². The number of nitrogens with zero attached hydrogens (tertiary/aromatic N) is 2. The molecule has 2 aliphatic heterocycles. The summed E-state index contributed by atoms with van der Waals surface area (Å²) in [7, 11) is 0. The topological polar surface area (TPSA) is 71.0 Å². The second-order valence-electron chi connectivity index (χ2n) is 9.75. The first-order valence-corrected chi connectivity index (χ1v) is 11.8. The summed E-state index contributed by atoms with van der Waals surface area (Å²) in [5, 5.41) is 7.67. The molecular formula is C25H35N3O3. The predicted molar refractivity (Wildman–Crippen MR) is 121 cm³/mol. The second kappa shape index (κ2) is 9.41. The minimum atomic E-state index is -0.497. The third-order valence-corrected chi connectivity index (χ3v) is 7.16. The quantitative estimate of drug-likeness (QED) is 0.752. The Hall–Kier alpha value is -2.37. The van der Waals surface area contributed by atoms with Gasteiger partial charge in [-0.3, -0.25) is 9.59 Å². The van der Waals surface area contributed by atoms with Gasteiger partial charge in [0.15, 0.2) is 0 Å². The zero-order valence-electron chi connectivity index (χ0n) is 18.8. The fraction of sp³-hybridized carbons (Fsp3) is 0.640. The first-order chi connectivity index (χ1) is 15.0. The highest BCUT2D eigenvalue weighted by Crippen LogP contribution is 2.40. The molecule has 1 saturated carbocycles. The third kappa shape index (κ3) is 4.94. The van der Waals surface area contributed by atoms with Gasteiger partial charge in [-0.1, -0.05) is 62.2 Å². The van der Waals surface area contributed by atoms with Crippen molar-refractivity contribution in [2.24, 2.45) is 16.5 Å². The highest BCUT2D eigenvalue weighted by atomic mass is 16.6. The lowest BCUT2D eigenvalue weighted by Crippen LogP contribution is -2.53. The van der Waals surface area contributed by atoms with E-state index in [0.717, 1.165) is 30.5 Å². The van der Waals surface area contributed by atoms with E-state index in [0.29, 0.717) is 38.4 Å². The number of benzene rings is 1. The van der Waals surface area contributed by atoms with E-state index in [1.54, 1.807) is 0 Å². The van der Waals surface area contributed by atoms with Crippen LogP contribution in [-0.4, -0.2) is 47.7 Å². The zero-order valence-corrected chi connectivity index (χ0v) is 18.8. The van der Waals surface area contributed by atoms with Crippen LogP contribution in [0.5, 0.6) is 0 Å². The summed E-state index contributed by atoms with van der Waals surface area (Å²) in [6.07, 6.45) is 7.16. The maximum absolute atomic E-state index is 13.5. The van der Waals surface area contributed by atoms with E-state index in [2.05, 4.69) is 10.5 Å². The Labute approximate surface area is 185 Å². The SMILES string of the molecule is CC(C)C(=O)N1CCC(CC2CC(c3ccccc3)=NO2)(C(=O)NC2CCCC2)CC1. The van der Waals surface area contributed by atoms with Crippen molar-refractivity contribution >= 4 is 17.5 Å². The summed E-state index contributed by atoms with van der Waals surface area (Å²) < 4.78 is 0. The van der Waals surface area contributed by atoms with Gasteiger partial charge in [-0.25, -0.2) is 0 Å². The molecule has 6 heteroatoms. The van der Waals surface area contributed by atoms with Crippen LogP contribution in [-0.2, 0) is 14.4 Å². The number of carbonyl (C=O) groups is 2. The summed E-state index contributed by atoms with van der Waals surface area (Å²) in [5.74, 6) is 0.309. The van der Waals surface area contributed by atoms with Gasteiger partial charge < -0.3 is 15.1 Å². The van der Waals surface area contributed by atoms with Gasteiger partial charge in [-0.15, -0.1) is 0 Å². The number of carbonyl (C=O) groups excluding carboxylic acids is 2. The zero-order chi connectivity index (χ0) is 21.8. The largest absolute Gasteiger partial charge is 0.392 e. The van der Waals surface area contributed by atoms with Crippen molar-refractivity contribution in [3.05, 3.63) is 35.9 Å². The van der Waals surface area contributed by atoms with Crippen LogP contribution >= 0.6 is 0 Å². The molecule has 168 valence electrons. The fourth-order valence-corrected chi connectivity index (χ4v) is 5.23. The van der Waals surface area contributed by atoms with Gasteiger partial charge in [-0.05, 0) is 31.2 Å². The molecule has 0 spiro atoms. The molecule has 1 saturated heterocycles. The number of hydrogen-bond acceptors (Lipinski definition) is 4. The molecule has 1 atom stereocenters.